The smallest absolute Gasteiger partial charge is 0.266 e. The van der Waals surface area contributed by atoms with Gasteiger partial charge in [-0.05, 0) is 29.8 Å². The third-order valence-corrected chi connectivity index (χ3v) is 5.75. The normalized spacial score (nSPS) is 15.5. The number of hydrogen-bond donors (Lipinski definition) is 1. The summed E-state index contributed by atoms with van der Waals surface area (Å²) >= 11 is 18.4. The molecule has 4 nitrogen and oxygen atoms in total. The number of anilines is 1. The van der Waals surface area contributed by atoms with Crippen molar-refractivity contribution in [3.63, 3.8) is 0 Å². The summed E-state index contributed by atoms with van der Waals surface area (Å²) < 4.78 is 0.438. The van der Waals surface area contributed by atoms with Crippen molar-refractivity contribution >= 4 is 75.1 Å². The van der Waals surface area contributed by atoms with Crippen molar-refractivity contribution < 1.29 is 9.59 Å². The fourth-order valence-corrected chi connectivity index (χ4v) is 4.37. The van der Waals surface area contributed by atoms with Gasteiger partial charge in [-0.2, -0.15) is 0 Å². The number of nitrogens with zero attached hydrogens (tertiary/aromatic N) is 1. The maximum absolute atomic E-state index is 12.6. The molecule has 1 heterocycles. The first kappa shape index (κ1) is 21.6. The summed E-state index contributed by atoms with van der Waals surface area (Å²) in [6.07, 6.45) is 5.57. The molecule has 0 aliphatic carbocycles. The van der Waals surface area contributed by atoms with Gasteiger partial charge in [-0.1, -0.05) is 89.7 Å². The minimum atomic E-state index is -0.259. The number of carbonyl (C=O) groups is 2. The molecule has 0 bridgehead atoms. The van der Waals surface area contributed by atoms with Crippen molar-refractivity contribution in [1.29, 1.82) is 0 Å². The van der Waals surface area contributed by atoms with E-state index in [4.69, 9.17) is 35.4 Å². The van der Waals surface area contributed by atoms with Gasteiger partial charge in [0.15, 0.2) is 0 Å². The number of hydrogen-bond acceptors (Lipinski definition) is 4. The Hall–Kier alpha value is -2.12. The number of carbonyl (C=O) groups excluding carboxylic acids is 2. The molecule has 1 fully saturated rings. The quantitative estimate of drug-likeness (QED) is 0.436. The highest BCUT2D eigenvalue weighted by Crippen LogP contribution is 2.31. The topological polar surface area (TPSA) is 49.4 Å². The van der Waals surface area contributed by atoms with Gasteiger partial charge in [-0.25, -0.2) is 0 Å². The number of halogens is 2. The number of thioether (sulfide) groups is 1. The summed E-state index contributed by atoms with van der Waals surface area (Å²) in [5, 5.41) is 3.58. The molecule has 148 valence electrons. The van der Waals surface area contributed by atoms with Crippen LogP contribution in [0.15, 0.2) is 65.6 Å². The minimum Gasteiger partial charge on any atom is -0.326 e. The SMILES string of the molecule is O=C(CCN1C(=O)/C(=C/C=C/c2ccccc2)SC1=S)Nc1cc(Cl)cc(Cl)c1. The van der Waals surface area contributed by atoms with Gasteiger partial charge in [0.05, 0.1) is 4.91 Å². The van der Waals surface area contributed by atoms with Crippen LogP contribution in [0.1, 0.15) is 12.0 Å². The Morgan fingerprint density at radius 2 is 1.83 bits per heavy atom. The second-order valence-electron chi connectivity index (χ2n) is 6.08. The monoisotopic (exact) mass is 462 g/mol. The molecule has 0 spiro atoms. The zero-order valence-electron chi connectivity index (χ0n) is 15.1. The van der Waals surface area contributed by atoms with Gasteiger partial charge in [0.2, 0.25) is 5.91 Å². The van der Waals surface area contributed by atoms with E-state index in [1.54, 1.807) is 24.3 Å². The second kappa shape index (κ2) is 10.1. The Kier molecular flexibility index (Phi) is 7.50. The van der Waals surface area contributed by atoms with Crippen molar-refractivity contribution in [3.8, 4) is 0 Å². The van der Waals surface area contributed by atoms with Crippen LogP contribution in [0.5, 0.6) is 0 Å². The highest BCUT2D eigenvalue weighted by atomic mass is 35.5. The molecule has 1 saturated heterocycles. The summed E-state index contributed by atoms with van der Waals surface area (Å²) in [5.41, 5.74) is 1.54. The molecular weight excluding hydrogens is 447 g/mol. The van der Waals surface area contributed by atoms with Crippen molar-refractivity contribution in [1.82, 2.24) is 4.90 Å². The average Bonchev–Trinajstić information content (AvgIpc) is 2.93. The van der Waals surface area contributed by atoms with Crippen molar-refractivity contribution in [2.45, 2.75) is 6.42 Å². The highest BCUT2D eigenvalue weighted by Gasteiger charge is 2.31. The van der Waals surface area contributed by atoms with E-state index in [-0.39, 0.29) is 24.8 Å². The van der Waals surface area contributed by atoms with Crippen LogP contribution in [0.4, 0.5) is 5.69 Å². The molecule has 0 atom stereocenters. The number of nitrogens with one attached hydrogen (secondary N) is 1. The van der Waals surface area contributed by atoms with Crippen molar-refractivity contribution in [3.05, 3.63) is 81.2 Å². The Balaban J connectivity index is 1.56. The van der Waals surface area contributed by atoms with Crippen LogP contribution in [0, 0.1) is 0 Å². The first-order valence-corrected chi connectivity index (χ1v) is 10.6. The molecule has 2 aromatic rings. The largest absolute Gasteiger partial charge is 0.326 e. The average molecular weight is 463 g/mol. The lowest BCUT2D eigenvalue weighted by molar-refractivity contribution is -0.122. The van der Waals surface area contributed by atoms with Gasteiger partial charge in [0.25, 0.3) is 5.91 Å². The number of benzene rings is 2. The third kappa shape index (κ3) is 6.18. The van der Waals surface area contributed by atoms with E-state index in [1.165, 1.54) is 16.7 Å². The van der Waals surface area contributed by atoms with E-state index in [2.05, 4.69) is 5.32 Å². The fraction of sp³-hybridized carbons (Fsp3) is 0.0952. The molecule has 0 radical (unpaired) electrons. The molecule has 29 heavy (non-hydrogen) atoms. The summed E-state index contributed by atoms with van der Waals surface area (Å²) in [6, 6.07) is 14.6. The number of allylic oxidation sites excluding steroid dienone is 2. The van der Waals surface area contributed by atoms with Gasteiger partial charge in [0.1, 0.15) is 4.32 Å². The second-order valence-corrected chi connectivity index (χ2v) is 8.63. The van der Waals surface area contributed by atoms with Gasteiger partial charge in [0, 0.05) is 28.7 Å². The molecule has 0 saturated carbocycles. The molecular formula is C21H16Cl2N2O2S2. The molecule has 2 aromatic carbocycles. The Morgan fingerprint density at radius 1 is 1.14 bits per heavy atom. The van der Waals surface area contributed by atoms with Crippen LogP contribution >= 0.6 is 47.2 Å². The van der Waals surface area contributed by atoms with Crippen LogP contribution in [-0.4, -0.2) is 27.6 Å². The predicted molar refractivity (Wildman–Crippen MR) is 125 cm³/mol. The van der Waals surface area contributed by atoms with Crippen molar-refractivity contribution in [2.24, 2.45) is 0 Å². The third-order valence-electron chi connectivity index (χ3n) is 3.92. The molecule has 3 rings (SSSR count). The highest BCUT2D eigenvalue weighted by molar-refractivity contribution is 8.26. The maximum atomic E-state index is 12.6. The van der Waals surface area contributed by atoms with Crippen LogP contribution < -0.4 is 5.32 Å². The molecule has 0 unspecified atom stereocenters. The van der Waals surface area contributed by atoms with Gasteiger partial charge in [-0.15, -0.1) is 0 Å². The molecule has 2 amide bonds. The summed E-state index contributed by atoms with van der Waals surface area (Å²) in [6.45, 7) is 0.199. The number of rotatable bonds is 6. The van der Waals surface area contributed by atoms with E-state index < -0.39 is 0 Å². The Labute approximate surface area is 188 Å². The number of thiocarbonyl (C=S) groups is 1. The standard InChI is InChI=1S/C21H16Cl2N2O2S2/c22-15-11-16(23)13-17(12-15)24-19(26)9-10-25-20(27)18(29-21(25)28)8-4-7-14-5-2-1-3-6-14/h1-8,11-13H,9-10H2,(H,24,26)/b7-4+,18-8-. The zero-order valence-corrected chi connectivity index (χ0v) is 18.2. The zero-order chi connectivity index (χ0) is 20.8. The maximum Gasteiger partial charge on any atom is 0.266 e. The van der Waals surface area contributed by atoms with E-state index in [9.17, 15) is 9.59 Å². The molecule has 1 aliphatic heterocycles. The molecule has 8 heteroatoms. The van der Waals surface area contributed by atoms with E-state index in [0.29, 0.717) is 25.0 Å². The van der Waals surface area contributed by atoms with Crippen LogP contribution in [0.3, 0.4) is 0 Å². The van der Waals surface area contributed by atoms with E-state index >= 15 is 0 Å². The Bertz CT molecular complexity index is 987. The Morgan fingerprint density at radius 3 is 2.52 bits per heavy atom. The van der Waals surface area contributed by atoms with Crippen LogP contribution in [0.25, 0.3) is 6.08 Å². The lowest BCUT2D eigenvalue weighted by atomic mass is 10.2. The number of amides is 2. The lowest BCUT2D eigenvalue weighted by Crippen LogP contribution is -2.31. The molecule has 0 aromatic heterocycles. The van der Waals surface area contributed by atoms with Gasteiger partial charge >= 0.3 is 0 Å². The van der Waals surface area contributed by atoms with Crippen LogP contribution in [-0.2, 0) is 9.59 Å². The fourth-order valence-electron chi connectivity index (χ4n) is 2.58. The lowest BCUT2D eigenvalue weighted by Gasteiger charge is -2.14. The minimum absolute atomic E-state index is 0.101. The first-order valence-electron chi connectivity index (χ1n) is 8.65. The summed E-state index contributed by atoms with van der Waals surface area (Å²) in [7, 11) is 0. The van der Waals surface area contributed by atoms with Crippen molar-refractivity contribution in [2.75, 3.05) is 11.9 Å². The van der Waals surface area contributed by atoms with E-state index in [0.717, 1.165) is 5.56 Å². The first-order chi connectivity index (χ1) is 13.9. The van der Waals surface area contributed by atoms with Gasteiger partial charge < -0.3 is 5.32 Å². The molecule has 1 N–H and O–H groups in total. The molecule has 1 aliphatic rings. The van der Waals surface area contributed by atoms with Crippen LogP contribution in [0.2, 0.25) is 10.0 Å². The summed E-state index contributed by atoms with van der Waals surface area (Å²) in [5.74, 6) is -0.457. The predicted octanol–water partition coefficient (Wildman–Crippen LogP) is 5.78. The summed E-state index contributed by atoms with van der Waals surface area (Å²) in [4.78, 5) is 26.7. The van der Waals surface area contributed by atoms with E-state index in [1.807, 2.05) is 42.5 Å². The van der Waals surface area contributed by atoms with Gasteiger partial charge in [-0.3, -0.25) is 14.5 Å².